The number of benzene rings is 1. The fraction of sp³-hybridized carbons (Fsp3) is 0.438. The zero-order valence-corrected chi connectivity index (χ0v) is 12.0. The summed E-state index contributed by atoms with van der Waals surface area (Å²) in [7, 11) is 0. The molecule has 0 amide bonds. The van der Waals surface area contributed by atoms with E-state index in [1.807, 2.05) is 24.3 Å². The van der Waals surface area contributed by atoms with Gasteiger partial charge >= 0.3 is 5.97 Å². The molecule has 110 valence electrons. The normalized spacial score (nSPS) is 21.6. The molecule has 0 radical (unpaired) electrons. The van der Waals surface area contributed by atoms with Crippen molar-refractivity contribution in [3.05, 3.63) is 30.0 Å². The van der Waals surface area contributed by atoms with E-state index in [1.165, 1.54) is 19.3 Å². The summed E-state index contributed by atoms with van der Waals surface area (Å²) >= 11 is 0. The Morgan fingerprint density at radius 3 is 2.86 bits per heavy atom. The molecule has 0 aliphatic heterocycles. The van der Waals surface area contributed by atoms with E-state index in [-0.39, 0.29) is 5.69 Å². The quantitative estimate of drug-likeness (QED) is 0.902. The van der Waals surface area contributed by atoms with Gasteiger partial charge in [0, 0.05) is 11.9 Å². The summed E-state index contributed by atoms with van der Waals surface area (Å²) in [6, 6.07) is 7.49. The minimum Gasteiger partial charge on any atom is -0.476 e. The molecule has 1 aromatic heterocycles. The molecule has 1 aliphatic rings. The molecule has 2 N–H and O–H groups in total. The lowest BCUT2D eigenvalue weighted by Crippen LogP contribution is -2.19. The Kier molecular flexibility index (Phi) is 3.73. The first kappa shape index (κ1) is 13.8. The summed E-state index contributed by atoms with van der Waals surface area (Å²) in [5.41, 5.74) is 1.30. The summed E-state index contributed by atoms with van der Waals surface area (Å²) in [5.74, 6) is 0.237. The second-order valence-electron chi connectivity index (χ2n) is 5.80. The molecule has 0 spiro atoms. The molecule has 5 heteroatoms. The van der Waals surface area contributed by atoms with Crippen molar-refractivity contribution in [2.75, 3.05) is 11.9 Å². The lowest BCUT2D eigenvalue weighted by atomic mass is 9.98. The average Bonchev–Trinajstić information content (AvgIpc) is 2.89. The number of aromatic nitrogens is 2. The molecule has 3 rings (SSSR count). The third-order valence-corrected chi connectivity index (χ3v) is 4.45. The summed E-state index contributed by atoms with van der Waals surface area (Å²) in [6.07, 6.45) is 3.72. The van der Waals surface area contributed by atoms with Crippen LogP contribution in [0, 0.1) is 11.8 Å². The van der Waals surface area contributed by atoms with Crippen molar-refractivity contribution in [3.8, 4) is 0 Å². The first-order valence-electron chi connectivity index (χ1n) is 7.39. The van der Waals surface area contributed by atoms with E-state index >= 15 is 0 Å². The van der Waals surface area contributed by atoms with Gasteiger partial charge in [0.25, 0.3) is 0 Å². The number of rotatable bonds is 4. The van der Waals surface area contributed by atoms with Crippen molar-refractivity contribution in [3.63, 3.8) is 0 Å². The van der Waals surface area contributed by atoms with Gasteiger partial charge in [-0.3, -0.25) is 0 Å². The van der Waals surface area contributed by atoms with E-state index in [0.29, 0.717) is 23.0 Å². The monoisotopic (exact) mass is 285 g/mol. The molecule has 2 atom stereocenters. The fourth-order valence-corrected chi connectivity index (χ4v) is 3.14. The lowest BCUT2D eigenvalue weighted by Gasteiger charge is -2.18. The number of hydrogen-bond donors (Lipinski definition) is 2. The van der Waals surface area contributed by atoms with Gasteiger partial charge in [-0.1, -0.05) is 38.0 Å². The summed E-state index contributed by atoms with van der Waals surface area (Å²) in [5, 5.41) is 21.3. The molecule has 21 heavy (non-hydrogen) atoms. The van der Waals surface area contributed by atoms with Crippen molar-refractivity contribution >= 4 is 22.6 Å². The minimum atomic E-state index is -1.05. The van der Waals surface area contributed by atoms with Crippen LogP contribution in [0.3, 0.4) is 0 Å². The number of nitrogens with zero attached hydrogens (tertiary/aromatic N) is 2. The van der Waals surface area contributed by atoms with Gasteiger partial charge in [-0.15, -0.1) is 10.2 Å². The number of hydrogen-bond acceptors (Lipinski definition) is 4. The predicted octanol–water partition coefficient (Wildman–Crippen LogP) is 3.18. The molecule has 5 nitrogen and oxygen atoms in total. The van der Waals surface area contributed by atoms with Crippen LogP contribution in [-0.4, -0.2) is 27.8 Å². The second kappa shape index (κ2) is 5.68. The van der Waals surface area contributed by atoms with Crippen LogP contribution >= 0.6 is 0 Å². The highest BCUT2D eigenvalue weighted by Gasteiger charge is 2.24. The largest absolute Gasteiger partial charge is 0.476 e. The maximum Gasteiger partial charge on any atom is 0.358 e. The Morgan fingerprint density at radius 2 is 2.14 bits per heavy atom. The van der Waals surface area contributed by atoms with Gasteiger partial charge in [0.05, 0.1) is 11.2 Å². The van der Waals surface area contributed by atoms with E-state index in [4.69, 9.17) is 0 Å². The van der Waals surface area contributed by atoms with Gasteiger partial charge in [-0.05, 0) is 24.3 Å². The Hall–Kier alpha value is -2.17. The highest BCUT2D eigenvalue weighted by atomic mass is 16.4. The number of carboxylic acid groups (broad SMARTS) is 1. The van der Waals surface area contributed by atoms with Crippen LogP contribution in [0.15, 0.2) is 24.3 Å². The molecule has 2 aromatic rings. The summed E-state index contributed by atoms with van der Waals surface area (Å²) < 4.78 is 0. The van der Waals surface area contributed by atoms with E-state index in [1.54, 1.807) is 0 Å². The molecule has 1 heterocycles. The Morgan fingerprint density at radius 1 is 1.33 bits per heavy atom. The smallest absolute Gasteiger partial charge is 0.358 e. The topological polar surface area (TPSA) is 75.1 Å². The number of nitrogens with one attached hydrogen (secondary N) is 1. The number of carboxylic acids is 1. The van der Waals surface area contributed by atoms with Crippen LogP contribution in [0.5, 0.6) is 0 Å². The molecular formula is C16H19N3O2. The van der Waals surface area contributed by atoms with Gasteiger partial charge in [0.1, 0.15) is 0 Å². The third-order valence-electron chi connectivity index (χ3n) is 4.45. The van der Waals surface area contributed by atoms with Crippen LogP contribution in [-0.2, 0) is 0 Å². The first-order valence-corrected chi connectivity index (χ1v) is 7.39. The summed E-state index contributed by atoms with van der Waals surface area (Å²) in [4.78, 5) is 11.4. The Bertz CT molecular complexity index is 672. The third kappa shape index (κ3) is 2.68. The van der Waals surface area contributed by atoms with Crippen molar-refractivity contribution in [2.24, 2.45) is 11.8 Å². The molecule has 0 bridgehead atoms. The van der Waals surface area contributed by atoms with Gasteiger partial charge in [0.15, 0.2) is 5.69 Å². The van der Waals surface area contributed by atoms with Crippen molar-refractivity contribution in [2.45, 2.75) is 26.2 Å². The van der Waals surface area contributed by atoms with Crippen LogP contribution < -0.4 is 5.32 Å². The molecule has 1 aromatic carbocycles. The predicted molar refractivity (Wildman–Crippen MR) is 81.5 cm³/mol. The van der Waals surface area contributed by atoms with Gasteiger partial charge in [-0.25, -0.2) is 4.79 Å². The SMILES string of the molecule is CC1CCCC1CNc1c(C(=O)O)nnc2ccccc12. The number of anilines is 1. The van der Waals surface area contributed by atoms with Crippen molar-refractivity contribution in [1.29, 1.82) is 0 Å². The van der Waals surface area contributed by atoms with Crippen molar-refractivity contribution < 1.29 is 9.90 Å². The molecule has 1 saturated carbocycles. The zero-order valence-electron chi connectivity index (χ0n) is 12.0. The standard InChI is InChI=1S/C16H19N3O2/c1-10-5-4-6-11(10)9-17-14-12-7-2-3-8-13(12)18-19-15(14)16(20)21/h2-3,7-8,10-11H,4-6,9H2,1H3,(H,17,18)(H,20,21). The summed E-state index contributed by atoms with van der Waals surface area (Å²) in [6.45, 7) is 3.05. The minimum absolute atomic E-state index is 0.000602. The Labute approximate surface area is 123 Å². The fourth-order valence-electron chi connectivity index (χ4n) is 3.14. The van der Waals surface area contributed by atoms with Crippen LogP contribution in [0.2, 0.25) is 0 Å². The average molecular weight is 285 g/mol. The second-order valence-corrected chi connectivity index (χ2v) is 5.80. The number of fused-ring (bicyclic) bond motifs is 1. The van der Waals surface area contributed by atoms with E-state index < -0.39 is 5.97 Å². The maximum atomic E-state index is 11.4. The lowest BCUT2D eigenvalue weighted by molar-refractivity contribution is 0.0690. The highest BCUT2D eigenvalue weighted by molar-refractivity contribution is 6.02. The van der Waals surface area contributed by atoms with Crippen LogP contribution in [0.25, 0.3) is 10.9 Å². The van der Waals surface area contributed by atoms with E-state index in [2.05, 4.69) is 22.4 Å². The Balaban J connectivity index is 1.94. The highest BCUT2D eigenvalue weighted by Crippen LogP contribution is 2.32. The molecular weight excluding hydrogens is 266 g/mol. The van der Waals surface area contributed by atoms with Gasteiger partial charge in [0.2, 0.25) is 0 Å². The molecule has 1 fully saturated rings. The van der Waals surface area contributed by atoms with Crippen LogP contribution in [0.4, 0.5) is 5.69 Å². The molecule has 1 aliphatic carbocycles. The van der Waals surface area contributed by atoms with Gasteiger partial charge in [-0.2, -0.15) is 0 Å². The maximum absolute atomic E-state index is 11.4. The molecule has 0 saturated heterocycles. The van der Waals surface area contributed by atoms with Crippen molar-refractivity contribution in [1.82, 2.24) is 10.2 Å². The zero-order chi connectivity index (χ0) is 14.8. The van der Waals surface area contributed by atoms with E-state index in [0.717, 1.165) is 11.9 Å². The van der Waals surface area contributed by atoms with Crippen LogP contribution in [0.1, 0.15) is 36.7 Å². The van der Waals surface area contributed by atoms with E-state index in [9.17, 15) is 9.90 Å². The number of carbonyl (C=O) groups is 1. The number of aromatic carboxylic acids is 1. The molecule has 2 unspecified atom stereocenters. The first-order chi connectivity index (χ1) is 10.2. The van der Waals surface area contributed by atoms with Gasteiger partial charge < -0.3 is 10.4 Å².